The Balaban J connectivity index is 1.40. The highest BCUT2D eigenvalue weighted by Gasteiger charge is 2.16. The predicted octanol–water partition coefficient (Wildman–Crippen LogP) is 6.90. The highest BCUT2D eigenvalue weighted by Crippen LogP contribution is 2.37. The summed E-state index contributed by atoms with van der Waals surface area (Å²) in [7, 11) is 0. The zero-order chi connectivity index (χ0) is 18.1. The number of allylic oxidation sites excluding steroid dienone is 5. The molecular formula is C25H21NS. The summed E-state index contributed by atoms with van der Waals surface area (Å²) < 4.78 is 0. The van der Waals surface area contributed by atoms with Crippen molar-refractivity contribution >= 4 is 23.0 Å². The largest absolute Gasteiger partial charge is 0.244 e. The normalized spacial score (nSPS) is 18.2. The molecule has 0 spiro atoms. The first-order valence-electron chi connectivity index (χ1n) is 9.57. The van der Waals surface area contributed by atoms with Gasteiger partial charge in [0.2, 0.25) is 0 Å². The van der Waals surface area contributed by atoms with Crippen LogP contribution in [-0.2, 0) is 6.42 Å². The summed E-state index contributed by atoms with van der Waals surface area (Å²) in [4.78, 5) is 6.02. The van der Waals surface area contributed by atoms with Crippen molar-refractivity contribution < 1.29 is 0 Å². The second-order valence-corrected chi connectivity index (χ2v) is 8.15. The number of benzene rings is 2. The minimum absolute atomic E-state index is 0.474. The van der Waals surface area contributed by atoms with Crippen molar-refractivity contribution in [2.24, 2.45) is 0 Å². The monoisotopic (exact) mass is 367 g/mol. The van der Waals surface area contributed by atoms with Crippen LogP contribution in [0.15, 0.2) is 79.0 Å². The molecule has 0 saturated carbocycles. The van der Waals surface area contributed by atoms with Crippen LogP contribution in [0, 0.1) is 0 Å². The highest BCUT2D eigenvalue weighted by atomic mass is 32.1. The summed E-state index contributed by atoms with van der Waals surface area (Å²) in [5, 5.41) is 1.12. The lowest BCUT2D eigenvalue weighted by Gasteiger charge is -2.15. The van der Waals surface area contributed by atoms with Gasteiger partial charge in [-0.3, -0.25) is 0 Å². The van der Waals surface area contributed by atoms with Gasteiger partial charge in [-0.05, 0) is 41.5 Å². The molecular weight excluding hydrogens is 346 g/mol. The van der Waals surface area contributed by atoms with Crippen LogP contribution in [0.4, 0.5) is 0 Å². The quantitative estimate of drug-likeness (QED) is 0.491. The molecule has 0 radical (unpaired) electrons. The van der Waals surface area contributed by atoms with Gasteiger partial charge < -0.3 is 0 Å². The zero-order valence-corrected chi connectivity index (χ0v) is 16.0. The Morgan fingerprint density at radius 3 is 2.74 bits per heavy atom. The predicted molar refractivity (Wildman–Crippen MR) is 116 cm³/mol. The van der Waals surface area contributed by atoms with Gasteiger partial charge in [-0.25, -0.2) is 4.98 Å². The molecule has 3 aromatic rings. The highest BCUT2D eigenvalue weighted by molar-refractivity contribution is 7.16. The summed E-state index contributed by atoms with van der Waals surface area (Å²) in [6, 6.07) is 17.3. The minimum atomic E-state index is 0.474. The van der Waals surface area contributed by atoms with Gasteiger partial charge in [-0.2, -0.15) is 0 Å². The molecule has 2 heteroatoms. The van der Waals surface area contributed by atoms with Crippen molar-refractivity contribution in [2.75, 3.05) is 0 Å². The lowest BCUT2D eigenvalue weighted by atomic mass is 9.90. The first-order chi connectivity index (χ1) is 13.4. The Bertz CT molecular complexity index is 1050. The smallest absolute Gasteiger partial charge is 0.123 e. The molecule has 1 atom stereocenters. The number of hydrogen-bond donors (Lipinski definition) is 0. The standard InChI is InChI=1S/C25H21NS/c1-2-7-18(8-3-1)19-13-15-21(16-14-19)25-26-17-24(27-25)23-12-6-10-20-9-4-5-11-22(20)23/h1-4,6-10,12-13,15-17,19H,5,11,14H2. The number of hydrogen-bond acceptors (Lipinski definition) is 2. The van der Waals surface area contributed by atoms with Crippen molar-refractivity contribution in [3.63, 3.8) is 0 Å². The summed E-state index contributed by atoms with van der Waals surface area (Å²) in [6.07, 6.45) is 16.8. The maximum absolute atomic E-state index is 4.74. The Labute approximate surface area is 164 Å². The second-order valence-electron chi connectivity index (χ2n) is 7.12. The average molecular weight is 368 g/mol. The first kappa shape index (κ1) is 16.5. The van der Waals surface area contributed by atoms with E-state index in [0.29, 0.717) is 5.92 Å². The van der Waals surface area contributed by atoms with Crippen LogP contribution in [-0.4, -0.2) is 4.98 Å². The Kier molecular flexibility index (Phi) is 4.35. The molecule has 1 heterocycles. The molecule has 0 aliphatic heterocycles. The van der Waals surface area contributed by atoms with Gasteiger partial charge in [-0.1, -0.05) is 78.9 Å². The lowest BCUT2D eigenvalue weighted by Crippen LogP contribution is -1.98. The van der Waals surface area contributed by atoms with E-state index >= 15 is 0 Å². The molecule has 27 heavy (non-hydrogen) atoms. The average Bonchev–Trinajstić information content (AvgIpc) is 3.24. The summed E-state index contributed by atoms with van der Waals surface area (Å²) in [6.45, 7) is 0. The van der Waals surface area contributed by atoms with E-state index in [2.05, 4.69) is 78.9 Å². The van der Waals surface area contributed by atoms with Crippen LogP contribution in [0.3, 0.4) is 0 Å². The van der Waals surface area contributed by atoms with Crippen LogP contribution in [0.2, 0.25) is 0 Å². The summed E-state index contributed by atoms with van der Waals surface area (Å²) in [5.74, 6) is 0.474. The molecule has 1 nitrogen and oxygen atoms in total. The van der Waals surface area contributed by atoms with Crippen molar-refractivity contribution in [2.45, 2.75) is 25.2 Å². The van der Waals surface area contributed by atoms with E-state index in [4.69, 9.17) is 4.98 Å². The van der Waals surface area contributed by atoms with E-state index in [1.165, 1.54) is 32.7 Å². The molecule has 5 rings (SSSR count). The van der Waals surface area contributed by atoms with Crippen molar-refractivity contribution in [3.05, 3.63) is 101 Å². The third-order valence-electron chi connectivity index (χ3n) is 5.42. The number of fused-ring (bicyclic) bond motifs is 1. The van der Waals surface area contributed by atoms with Crippen LogP contribution < -0.4 is 0 Å². The van der Waals surface area contributed by atoms with E-state index in [1.807, 2.05) is 17.5 Å². The van der Waals surface area contributed by atoms with Crippen LogP contribution in [0.1, 0.15) is 40.5 Å². The summed E-state index contributed by atoms with van der Waals surface area (Å²) >= 11 is 1.81. The fourth-order valence-electron chi connectivity index (χ4n) is 3.97. The molecule has 0 N–H and O–H groups in total. The fourth-order valence-corrected chi connectivity index (χ4v) is 4.96. The molecule has 0 fully saturated rings. The second kappa shape index (κ2) is 7.13. The van der Waals surface area contributed by atoms with E-state index in [0.717, 1.165) is 24.3 Å². The van der Waals surface area contributed by atoms with Crippen LogP contribution in [0.25, 0.3) is 22.1 Å². The van der Waals surface area contributed by atoms with Gasteiger partial charge in [0.05, 0.1) is 4.88 Å². The van der Waals surface area contributed by atoms with E-state index < -0.39 is 0 Å². The molecule has 2 aliphatic rings. The molecule has 0 amide bonds. The Morgan fingerprint density at radius 1 is 0.963 bits per heavy atom. The van der Waals surface area contributed by atoms with Crippen molar-refractivity contribution in [1.82, 2.24) is 4.98 Å². The minimum Gasteiger partial charge on any atom is -0.244 e. The van der Waals surface area contributed by atoms with Gasteiger partial charge in [-0.15, -0.1) is 11.3 Å². The molecule has 132 valence electrons. The van der Waals surface area contributed by atoms with Crippen molar-refractivity contribution in [3.8, 4) is 10.4 Å². The topological polar surface area (TPSA) is 12.9 Å². The van der Waals surface area contributed by atoms with Crippen molar-refractivity contribution in [1.29, 1.82) is 0 Å². The summed E-state index contributed by atoms with van der Waals surface area (Å²) in [5.41, 5.74) is 6.81. The molecule has 2 aliphatic carbocycles. The van der Waals surface area contributed by atoms with Gasteiger partial charge in [0.25, 0.3) is 0 Å². The molecule has 2 aromatic carbocycles. The van der Waals surface area contributed by atoms with E-state index in [-0.39, 0.29) is 0 Å². The Hall–Kier alpha value is -2.71. The number of thiazole rings is 1. The first-order valence-corrected chi connectivity index (χ1v) is 10.4. The molecule has 1 aromatic heterocycles. The van der Waals surface area contributed by atoms with Crippen LogP contribution in [0.5, 0.6) is 0 Å². The SMILES string of the molecule is C1=Cc2cccc(-c3cnc(C4=CCC(c5ccccc5)C=C4)s3)c2CC1. The maximum atomic E-state index is 4.74. The van der Waals surface area contributed by atoms with Gasteiger partial charge in [0, 0.05) is 17.7 Å². The van der Waals surface area contributed by atoms with E-state index in [9.17, 15) is 0 Å². The fraction of sp³-hybridized carbons (Fsp3) is 0.160. The third-order valence-corrected chi connectivity index (χ3v) is 6.50. The molecule has 0 saturated heterocycles. The van der Waals surface area contributed by atoms with Crippen LogP contribution >= 0.6 is 11.3 Å². The maximum Gasteiger partial charge on any atom is 0.123 e. The Morgan fingerprint density at radius 2 is 1.89 bits per heavy atom. The lowest BCUT2D eigenvalue weighted by molar-refractivity contribution is 0.856. The third kappa shape index (κ3) is 3.22. The van der Waals surface area contributed by atoms with Gasteiger partial charge in [0.1, 0.15) is 5.01 Å². The number of aromatic nitrogens is 1. The van der Waals surface area contributed by atoms with Gasteiger partial charge in [0.15, 0.2) is 0 Å². The number of rotatable bonds is 3. The van der Waals surface area contributed by atoms with Gasteiger partial charge >= 0.3 is 0 Å². The molecule has 0 bridgehead atoms. The zero-order valence-electron chi connectivity index (χ0n) is 15.1. The molecule has 1 unspecified atom stereocenters. The number of nitrogens with zero attached hydrogens (tertiary/aromatic N) is 1. The van der Waals surface area contributed by atoms with E-state index in [1.54, 1.807) is 0 Å².